The fraction of sp³-hybridized carbons (Fsp3) is 0.100. The number of carbonyl (C=O) groups is 4. The number of urea groups is 1. The average molecular weight is 491 g/mol. The molecular weight excluding hydrogens is 476 g/mol. The van der Waals surface area contributed by atoms with Crippen molar-refractivity contribution in [3.8, 4) is 11.5 Å². The van der Waals surface area contributed by atoms with E-state index in [1.807, 2.05) is 0 Å². The SMILES string of the molecule is C=CCN1C(=O)NC(=O)/C(=C/c2cc(Br)c(OC(=O)c3cccs3)c(OC)c2)C1=O. The minimum absolute atomic E-state index is 0.0418. The lowest BCUT2D eigenvalue weighted by atomic mass is 10.1. The van der Waals surface area contributed by atoms with Gasteiger partial charge in [-0.1, -0.05) is 12.1 Å². The van der Waals surface area contributed by atoms with E-state index in [0.29, 0.717) is 14.9 Å². The monoisotopic (exact) mass is 490 g/mol. The van der Waals surface area contributed by atoms with Gasteiger partial charge < -0.3 is 9.47 Å². The second kappa shape index (κ2) is 9.06. The van der Waals surface area contributed by atoms with Crippen molar-refractivity contribution >= 4 is 57.2 Å². The summed E-state index contributed by atoms with van der Waals surface area (Å²) in [4.78, 5) is 50.1. The summed E-state index contributed by atoms with van der Waals surface area (Å²) < 4.78 is 11.1. The zero-order valence-corrected chi connectivity index (χ0v) is 18.0. The summed E-state index contributed by atoms with van der Waals surface area (Å²) in [7, 11) is 1.39. The van der Waals surface area contributed by atoms with Crippen molar-refractivity contribution in [2.75, 3.05) is 13.7 Å². The van der Waals surface area contributed by atoms with E-state index < -0.39 is 23.8 Å². The normalized spacial score (nSPS) is 15.2. The number of thiophene rings is 1. The van der Waals surface area contributed by atoms with Crippen LogP contribution in [0.25, 0.3) is 6.08 Å². The number of barbiturate groups is 1. The molecule has 0 aliphatic carbocycles. The van der Waals surface area contributed by atoms with Gasteiger partial charge in [0, 0.05) is 6.54 Å². The molecule has 1 N–H and O–H groups in total. The van der Waals surface area contributed by atoms with Gasteiger partial charge in [0.15, 0.2) is 11.5 Å². The van der Waals surface area contributed by atoms with E-state index in [2.05, 4.69) is 27.8 Å². The summed E-state index contributed by atoms with van der Waals surface area (Å²) >= 11 is 4.57. The van der Waals surface area contributed by atoms with Gasteiger partial charge >= 0.3 is 12.0 Å². The third-order valence-corrected chi connectivity index (χ3v) is 5.42. The number of nitrogens with zero attached hydrogens (tertiary/aromatic N) is 1. The van der Waals surface area contributed by atoms with Crippen LogP contribution in [0.4, 0.5) is 4.79 Å². The van der Waals surface area contributed by atoms with Crippen LogP contribution in [0.2, 0.25) is 0 Å². The number of halogens is 1. The summed E-state index contributed by atoms with van der Waals surface area (Å²) in [6, 6.07) is 5.62. The number of hydrogen-bond acceptors (Lipinski definition) is 7. The van der Waals surface area contributed by atoms with Gasteiger partial charge in [-0.05, 0) is 51.1 Å². The molecule has 3 rings (SSSR count). The van der Waals surface area contributed by atoms with Gasteiger partial charge in [0.25, 0.3) is 11.8 Å². The van der Waals surface area contributed by atoms with Gasteiger partial charge in [-0.3, -0.25) is 19.8 Å². The number of amides is 4. The van der Waals surface area contributed by atoms with Crippen molar-refractivity contribution in [3.05, 3.63) is 62.8 Å². The van der Waals surface area contributed by atoms with E-state index in [-0.39, 0.29) is 23.6 Å². The van der Waals surface area contributed by atoms with Gasteiger partial charge in [0.05, 0.1) is 11.6 Å². The molecule has 2 heterocycles. The maximum absolute atomic E-state index is 12.5. The van der Waals surface area contributed by atoms with E-state index in [0.717, 1.165) is 4.90 Å². The summed E-state index contributed by atoms with van der Waals surface area (Å²) in [5.74, 6) is -1.74. The van der Waals surface area contributed by atoms with Crippen LogP contribution in [-0.4, -0.2) is 42.4 Å². The van der Waals surface area contributed by atoms with Crippen LogP contribution < -0.4 is 14.8 Å². The van der Waals surface area contributed by atoms with Crippen molar-refractivity contribution < 1.29 is 28.7 Å². The first-order valence-corrected chi connectivity index (χ1v) is 10.2. The van der Waals surface area contributed by atoms with E-state index >= 15 is 0 Å². The Balaban J connectivity index is 1.95. The zero-order valence-electron chi connectivity index (χ0n) is 15.6. The highest BCUT2D eigenvalue weighted by atomic mass is 79.9. The second-order valence-corrected chi connectivity index (χ2v) is 7.72. The lowest BCUT2D eigenvalue weighted by Crippen LogP contribution is -2.54. The van der Waals surface area contributed by atoms with Crippen LogP contribution in [0.15, 0.2) is 52.3 Å². The largest absolute Gasteiger partial charge is 0.493 e. The first kappa shape index (κ1) is 21.5. The van der Waals surface area contributed by atoms with Crippen LogP contribution in [0.5, 0.6) is 11.5 Å². The Labute approximate surface area is 183 Å². The molecule has 1 saturated heterocycles. The number of methoxy groups -OCH3 is 1. The number of nitrogens with one attached hydrogen (secondary N) is 1. The fourth-order valence-corrected chi connectivity index (χ4v) is 3.75. The standard InChI is InChI=1S/C20H15BrN2O6S/c1-3-6-23-18(25)12(17(24)22-20(23)27)8-11-9-13(21)16(14(10-11)28-2)29-19(26)15-5-4-7-30-15/h3-5,7-10H,1,6H2,2H3,(H,22,24,27)/b12-8-. The molecule has 0 atom stereocenters. The average Bonchev–Trinajstić information content (AvgIpc) is 3.25. The zero-order chi connectivity index (χ0) is 21.8. The van der Waals surface area contributed by atoms with Crippen LogP contribution in [0, 0.1) is 0 Å². The van der Waals surface area contributed by atoms with Crippen molar-refractivity contribution in [1.29, 1.82) is 0 Å². The van der Waals surface area contributed by atoms with E-state index in [1.54, 1.807) is 23.6 Å². The number of benzene rings is 1. The number of esters is 1. The predicted octanol–water partition coefficient (Wildman–Crippen LogP) is 3.39. The predicted molar refractivity (Wildman–Crippen MR) is 113 cm³/mol. The number of rotatable bonds is 6. The molecule has 30 heavy (non-hydrogen) atoms. The van der Waals surface area contributed by atoms with E-state index in [4.69, 9.17) is 9.47 Å². The molecule has 0 spiro atoms. The molecule has 2 aromatic rings. The number of hydrogen-bond donors (Lipinski definition) is 1. The molecule has 0 radical (unpaired) electrons. The van der Waals surface area contributed by atoms with Crippen molar-refractivity contribution in [2.45, 2.75) is 0 Å². The Morgan fingerprint density at radius 1 is 1.33 bits per heavy atom. The quantitative estimate of drug-likeness (QED) is 0.219. The van der Waals surface area contributed by atoms with Crippen molar-refractivity contribution in [1.82, 2.24) is 10.2 Å². The number of carbonyl (C=O) groups excluding carboxylic acids is 4. The van der Waals surface area contributed by atoms with Crippen LogP contribution in [-0.2, 0) is 9.59 Å². The highest BCUT2D eigenvalue weighted by molar-refractivity contribution is 9.10. The van der Waals surface area contributed by atoms with Crippen molar-refractivity contribution in [2.24, 2.45) is 0 Å². The molecule has 1 aromatic heterocycles. The van der Waals surface area contributed by atoms with Gasteiger partial charge in [-0.2, -0.15) is 0 Å². The van der Waals surface area contributed by atoms with Crippen LogP contribution >= 0.6 is 27.3 Å². The highest BCUT2D eigenvalue weighted by Gasteiger charge is 2.35. The number of ether oxygens (including phenoxy) is 2. The molecular formula is C20H15BrN2O6S. The van der Waals surface area contributed by atoms with E-state index in [1.165, 1.54) is 36.7 Å². The molecule has 0 bridgehead atoms. The maximum Gasteiger partial charge on any atom is 0.353 e. The van der Waals surface area contributed by atoms with Crippen LogP contribution in [0.1, 0.15) is 15.2 Å². The molecule has 4 amide bonds. The topological polar surface area (TPSA) is 102 Å². The number of imide groups is 2. The lowest BCUT2D eigenvalue weighted by Gasteiger charge is -2.25. The molecule has 1 aliphatic heterocycles. The van der Waals surface area contributed by atoms with E-state index in [9.17, 15) is 19.2 Å². The molecule has 1 aromatic carbocycles. The van der Waals surface area contributed by atoms with Gasteiger partial charge in [-0.15, -0.1) is 17.9 Å². The minimum Gasteiger partial charge on any atom is -0.493 e. The molecule has 154 valence electrons. The third-order valence-electron chi connectivity index (χ3n) is 3.98. The smallest absolute Gasteiger partial charge is 0.353 e. The Kier molecular flexibility index (Phi) is 6.48. The molecule has 0 unspecified atom stereocenters. The van der Waals surface area contributed by atoms with Gasteiger partial charge in [0.1, 0.15) is 10.5 Å². The first-order chi connectivity index (χ1) is 14.3. The third kappa shape index (κ3) is 4.34. The first-order valence-electron chi connectivity index (χ1n) is 8.48. The summed E-state index contributed by atoms with van der Waals surface area (Å²) in [6.45, 7) is 3.45. The lowest BCUT2D eigenvalue weighted by molar-refractivity contribution is -0.129. The molecule has 10 heteroatoms. The summed E-state index contributed by atoms with van der Waals surface area (Å²) in [5, 5.41) is 3.87. The second-order valence-electron chi connectivity index (χ2n) is 5.92. The van der Waals surface area contributed by atoms with Gasteiger partial charge in [0.2, 0.25) is 0 Å². The molecule has 1 fully saturated rings. The maximum atomic E-state index is 12.5. The highest BCUT2D eigenvalue weighted by Crippen LogP contribution is 2.38. The summed E-state index contributed by atoms with van der Waals surface area (Å²) in [5.41, 5.74) is 0.190. The van der Waals surface area contributed by atoms with Gasteiger partial charge in [-0.25, -0.2) is 9.59 Å². The molecule has 0 saturated carbocycles. The fourth-order valence-electron chi connectivity index (χ4n) is 2.62. The van der Waals surface area contributed by atoms with Crippen molar-refractivity contribution in [3.63, 3.8) is 0 Å². The molecule has 8 nitrogen and oxygen atoms in total. The summed E-state index contributed by atoms with van der Waals surface area (Å²) in [6.07, 6.45) is 2.69. The Morgan fingerprint density at radius 2 is 2.10 bits per heavy atom. The Morgan fingerprint density at radius 3 is 2.73 bits per heavy atom. The van der Waals surface area contributed by atoms with Crippen LogP contribution in [0.3, 0.4) is 0 Å². The Hall–Kier alpha value is -3.24. The Bertz CT molecular complexity index is 1080. The molecule has 1 aliphatic rings. The minimum atomic E-state index is -0.811.